The van der Waals surface area contributed by atoms with E-state index in [1.54, 1.807) is 25.1 Å². The molecule has 1 aromatic carbocycles. The number of amides is 1. The quantitative estimate of drug-likeness (QED) is 0.766. The van der Waals surface area contributed by atoms with E-state index in [0.29, 0.717) is 6.54 Å². The highest BCUT2D eigenvalue weighted by molar-refractivity contribution is 6.31. The molecule has 152 valence electrons. The molecule has 9 heteroatoms. The van der Waals surface area contributed by atoms with Crippen LogP contribution in [0.3, 0.4) is 0 Å². The maximum absolute atomic E-state index is 13.0. The van der Waals surface area contributed by atoms with Crippen molar-refractivity contribution in [2.75, 3.05) is 31.4 Å². The third kappa shape index (κ3) is 5.59. The molecule has 0 saturated heterocycles. The van der Waals surface area contributed by atoms with Crippen molar-refractivity contribution in [3.63, 3.8) is 0 Å². The molecule has 0 fully saturated rings. The second-order valence-electron chi connectivity index (χ2n) is 6.69. The van der Waals surface area contributed by atoms with Crippen LogP contribution in [0.25, 0.3) is 0 Å². The van der Waals surface area contributed by atoms with Gasteiger partial charge in [-0.25, -0.2) is 4.98 Å². The number of aromatic nitrogens is 1. The van der Waals surface area contributed by atoms with E-state index in [1.165, 1.54) is 6.07 Å². The van der Waals surface area contributed by atoms with Crippen molar-refractivity contribution in [2.45, 2.75) is 25.7 Å². The van der Waals surface area contributed by atoms with E-state index in [1.807, 2.05) is 31.1 Å². The van der Waals surface area contributed by atoms with Crippen molar-refractivity contribution in [3.8, 4) is 0 Å². The summed E-state index contributed by atoms with van der Waals surface area (Å²) in [7, 11) is 5.54. The first-order chi connectivity index (χ1) is 13.0. The van der Waals surface area contributed by atoms with Gasteiger partial charge in [0.1, 0.15) is 5.82 Å². The molecule has 1 N–H and O–H groups in total. The lowest BCUT2D eigenvalue weighted by molar-refractivity contribution is -0.137. The third-order valence-corrected chi connectivity index (χ3v) is 4.61. The van der Waals surface area contributed by atoms with Crippen LogP contribution in [0, 0.1) is 0 Å². The number of nitrogens with zero attached hydrogens (tertiary/aromatic N) is 3. The van der Waals surface area contributed by atoms with Crippen molar-refractivity contribution in [2.24, 2.45) is 0 Å². The summed E-state index contributed by atoms with van der Waals surface area (Å²) in [5, 5.41) is 2.10. The monoisotopic (exact) mass is 414 g/mol. The largest absolute Gasteiger partial charge is 0.417 e. The molecule has 1 atom stereocenters. The number of carbonyl (C=O) groups excluding carboxylic acids is 1. The second-order valence-corrected chi connectivity index (χ2v) is 7.10. The van der Waals surface area contributed by atoms with E-state index >= 15 is 0 Å². The van der Waals surface area contributed by atoms with E-state index in [0.717, 1.165) is 23.5 Å². The van der Waals surface area contributed by atoms with Crippen LogP contribution in [0.2, 0.25) is 5.02 Å². The fourth-order valence-electron chi connectivity index (χ4n) is 2.47. The summed E-state index contributed by atoms with van der Waals surface area (Å²) < 4.78 is 38.9. The first-order valence-electron chi connectivity index (χ1n) is 8.49. The Hall–Kier alpha value is -2.32. The summed E-state index contributed by atoms with van der Waals surface area (Å²) in [5.74, 6) is 0.399. The van der Waals surface area contributed by atoms with Gasteiger partial charge < -0.3 is 10.2 Å². The van der Waals surface area contributed by atoms with Gasteiger partial charge in [-0.15, -0.1) is 0 Å². The van der Waals surface area contributed by atoms with Gasteiger partial charge in [0.2, 0.25) is 5.91 Å². The second kappa shape index (κ2) is 8.79. The van der Waals surface area contributed by atoms with Crippen molar-refractivity contribution in [1.29, 1.82) is 0 Å². The molecule has 28 heavy (non-hydrogen) atoms. The summed E-state index contributed by atoms with van der Waals surface area (Å²) in [6, 6.07) is 6.51. The number of nitrogens with one attached hydrogen (secondary N) is 1. The smallest absolute Gasteiger partial charge is 0.363 e. The molecule has 0 aliphatic carbocycles. The van der Waals surface area contributed by atoms with Crippen LogP contribution in [0.15, 0.2) is 36.5 Å². The fourth-order valence-corrected chi connectivity index (χ4v) is 2.69. The molecule has 0 spiro atoms. The predicted molar refractivity (Wildman–Crippen MR) is 105 cm³/mol. The van der Waals surface area contributed by atoms with Gasteiger partial charge in [0.05, 0.1) is 16.6 Å². The first kappa shape index (κ1) is 22.0. The van der Waals surface area contributed by atoms with Crippen LogP contribution in [0.5, 0.6) is 0 Å². The highest BCUT2D eigenvalue weighted by Crippen LogP contribution is 2.36. The molecule has 0 saturated carbocycles. The zero-order valence-electron chi connectivity index (χ0n) is 16.0. The number of likely N-dealkylation sites (N-methyl/N-ethyl adjacent to an activating group) is 1. The minimum atomic E-state index is -4.59. The number of carbonyl (C=O) groups is 1. The molecule has 0 aliphatic rings. The molecule has 1 amide bonds. The van der Waals surface area contributed by atoms with E-state index in [-0.39, 0.29) is 5.69 Å². The zero-order chi connectivity index (χ0) is 21.1. The van der Waals surface area contributed by atoms with Crippen LogP contribution >= 0.6 is 11.6 Å². The SMILES string of the molecule is C[C@H](C(=O)Nc1ccc(Cl)c(C(F)(F)F)c1)N(C)Cc1ccc(N(C)C)nc1. The first-order valence-corrected chi connectivity index (χ1v) is 8.87. The lowest BCUT2D eigenvalue weighted by Gasteiger charge is -2.24. The summed E-state index contributed by atoms with van der Waals surface area (Å²) >= 11 is 5.60. The summed E-state index contributed by atoms with van der Waals surface area (Å²) in [5.41, 5.74) is -0.0300. The summed E-state index contributed by atoms with van der Waals surface area (Å²) in [4.78, 5) is 20.4. The molecule has 0 bridgehead atoms. The molecule has 2 aromatic rings. The molecular formula is C19H22ClF3N4O. The standard InChI is InChI=1S/C19H22ClF3N4O/c1-12(27(4)11-13-5-8-17(24-10-13)26(2)3)18(28)25-14-6-7-16(20)15(9-14)19(21,22)23/h5-10,12H,11H2,1-4H3,(H,25,28)/t12-/m1/s1. The fraction of sp³-hybridized carbons (Fsp3) is 0.368. The van der Waals surface area contributed by atoms with Crippen molar-refractivity contribution in [3.05, 3.63) is 52.7 Å². The Morgan fingerprint density at radius 3 is 2.43 bits per heavy atom. The number of alkyl halides is 3. The van der Waals surface area contributed by atoms with Gasteiger partial charge in [0.25, 0.3) is 0 Å². The van der Waals surface area contributed by atoms with E-state index < -0.39 is 28.7 Å². The number of rotatable bonds is 6. The maximum atomic E-state index is 13.0. The average Bonchev–Trinajstić information content (AvgIpc) is 2.62. The average molecular weight is 415 g/mol. The van der Waals surface area contributed by atoms with Crippen molar-refractivity contribution < 1.29 is 18.0 Å². The number of hydrogen-bond donors (Lipinski definition) is 1. The molecule has 5 nitrogen and oxygen atoms in total. The Morgan fingerprint density at radius 1 is 1.21 bits per heavy atom. The maximum Gasteiger partial charge on any atom is 0.417 e. The Morgan fingerprint density at radius 2 is 1.89 bits per heavy atom. The van der Waals surface area contributed by atoms with Gasteiger partial charge in [0, 0.05) is 32.5 Å². The lowest BCUT2D eigenvalue weighted by Crippen LogP contribution is -2.39. The van der Waals surface area contributed by atoms with Gasteiger partial charge in [-0.2, -0.15) is 13.2 Å². The topological polar surface area (TPSA) is 48.5 Å². The van der Waals surface area contributed by atoms with E-state index in [4.69, 9.17) is 11.6 Å². The Balaban J connectivity index is 2.03. The zero-order valence-corrected chi connectivity index (χ0v) is 16.8. The minimum absolute atomic E-state index is 0.0407. The molecule has 2 rings (SSSR count). The van der Waals surface area contributed by atoms with E-state index in [2.05, 4.69) is 10.3 Å². The van der Waals surface area contributed by atoms with Gasteiger partial charge >= 0.3 is 6.18 Å². The van der Waals surface area contributed by atoms with Crippen molar-refractivity contribution in [1.82, 2.24) is 9.88 Å². The number of benzene rings is 1. The highest BCUT2D eigenvalue weighted by Gasteiger charge is 2.33. The molecular weight excluding hydrogens is 393 g/mol. The van der Waals surface area contributed by atoms with Crippen LogP contribution in [-0.2, 0) is 17.5 Å². The van der Waals surface area contributed by atoms with Crippen LogP contribution in [0.4, 0.5) is 24.7 Å². The highest BCUT2D eigenvalue weighted by atomic mass is 35.5. The summed E-state index contributed by atoms with van der Waals surface area (Å²) in [6.07, 6.45) is -2.86. The molecule has 1 aromatic heterocycles. The Kier molecular flexibility index (Phi) is 6.90. The molecule has 0 unspecified atom stereocenters. The molecule has 1 heterocycles. The van der Waals surface area contributed by atoms with Gasteiger partial charge in [0.15, 0.2) is 0 Å². The Bertz CT molecular complexity index is 825. The lowest BCUT2D eigenvalue weighted by atomic mass is 10.1. The van der Waals surface area contributed by atoms with Gasteiger partial charge in [-0.05, 0) is 43.8 Å². The predicted octanol–water partition coefficient (Wildman–Crippen LogP) is 4.28. The van der Waals surface area contributed by atoms with Gasteiger partial charge in [-0.1, -0.05) is 17.7 Å². The van der Waals surface area contributed by atoms with E-state index in [9.17, 15) is 18.0 Å². The van der Waals surface area contributed by atoms with Crippen molar-refractivity contribution >= 4 is 29.0 Å². The van der Waals surface area contributed by atoms with Crippen LogP contribution < -0.4 is 10.2 Å². The number of pyridine rings is 1. The normalized spacial score (nSPS) is 12.8. The van der Waals surface area contributed by atoms with Crippen LogP contribution in [-0.4, -0.2) is 43.0 Å². The molecule has 0 aliphatic heterocycles. The van der Waals surface area contributed by atoms with Crippen LogP contribution in [0.1, 0.15) is 18.1 Å². The summed E-state index contributed by atoms with van der Waals surface area (Å²) in [6.45, 7) is 2.14. The third-order valence-electron chi connectivity index (χ3n) is 4.28. The Labute approximate surface area is 167 Å². The van der Waals surface area contributed by atoms with Gasteiger partial charge in [-0.3, -0.25) is 9.69 Å². The number of hydrogen-bond acceptors (Lipinski definition) is 4. The number of anilines is 2. The number of halogens is 4. The minimum Gasteiger partial charge on any atom is -0.363 e. The molecule has 0 radical (unpaired) electrons.